The quantitative estimate of drug-likeness (QED) is 0.799. The number of piperidine rings is 1. The van der Waals surface area contributed by atoms with Crippen LogP contribution in [0.2, 0.25) is 0 Å². The second-order valence-electron chi connectivity index (χ2n) is 6.75. The number of nitrogens with zero attached hydrogens (tertiary/aromatic N) is 1. The summed E-state index contributed by atoms with van der Waals surface area (Å²) in [5, 5.41) is 0. The lowest BCUT2D eigenvalue weighted by Gasteiger charge is -2.25. The molecule has 2 heteroatoms. The molecule has 1 fully saturated rings. The minimum Gasteiger partial charge on any atom is -0.488 e. The second kappa shape index (κ2) is 7.23. The van der Waals surface area contributed by atoms with E-state index >= 15 is 0 Å². The molecule has 0 radical (unpaired) electrons. The summed E-state index contributed by atoms with van der Waals surface area (Å²) in [6, 6.07) is 17.1. The number of ether oxygens (including phenoxy) is 1. The summed E-state index contributed by atoms with van der Waals surface area (Å²) in [5.41, 5.74) is 5.15. The van der Waals surface area contributed by atoms with Crippen molar-refractivity contribution in [3.63, 3.8) is 0 Å². The molecule has 0 saturated carbocycles. The third kappa shape index (κ3) is 3.25. The summed E-state index contributed by atoms with van der Waals surface area (Å²) in [5.74, 6) is 0.998. The first-order valence-electron chi connectivity index (χ1n) is 9.15. The maximum Gasteiger partial charge on any atom is 0.127 e. The molecule has 2 aromatic carbocycles. The van der Waals surface area contributed by atoms with Gasteiger partial charge in [-0.15, -0.1) is 0 Å². The first kappa shape index (κ1) is 15.5. The van der Waals surface area contributed by atoms with Crippen molar-refractivity contribution in [3.8, 4) is 5.75 Å². The van der Waals surface area contributed by atoms with E-state index < -0.39 is 0 Å². The van der Waals surface area contributed by atoms with Crippen LogP contribution in [0, 0.1) is 0 Å². The van der Waals surface area contributed by atoms with Crippen LogP contribution in [0.1, 0.15) is 42.4 Å². The molecule has 0 atom stereocenters. The van der Waals surface area contributed by atoms with Gasteiger partial charge in [0.25, 0.3) is 0 Å². The lowest BCUT2D eigenvalue weighted by molar-refractivity contribution is 0.233. The monoisotopic (exact) mass is 319 g/mol. The summed E-state index contributed by atoms with van der Waals surface area (Å²) in [6.45, 7) is 4.34. The Bertz CT molecular complexity index is 679. The highest BCUT2D eigenvalue weighted by Crippen LogP contribution is 2.36. The number of likely N-dealkylation sites (tertiary alicyclic amines) is 1. The molecule has 0 amide bonds. The third-order valence-electron chi connectivity index (χ3n) is 5.11. The maximum atomic E-state index is 6.05. The van der Waals surface area contributed by atoms with E-state index in [2.05, 4.69) is 59.5 Å². The fourth-order valence-corrected chi connectivity index (χ4v) is 3.82. The Balaban J connectivity index is 1.63. The van der Waals surface area contributed by atoms with Gasteiger partial charge in [0.2, 0.25) is 0 Å². The Labute approximate surface area is 144 Å². The molecule has 0 aliphatic carbocycles. The molecule has 0 bridgehead atoms. The van der Waals surface area contributed by atoms with Crippen molar-refractivity contribution in [2.45, 2.75) is 32.3 Å². The third-order valence-corrected chi connectivity index (χ3v) is 5.11. The molecule has 2 aliphatic heterocycles. The van der Waals surface area contributed by atoms with Crippen LogP contribution in [0.25, 0.3) is 5.57 Å². The topological polar surface area (TPSA) is 12.5 Å². The van der Waals surface area contributed by atoms with Gasteiger partial charge in [0.15, 0.2) is 0 Å². The zero-order valence-electron chi connectivity index (χ0n) is 14.2. The van der Waals surface area contributed by atoms with Crippen molar-refractivity contribution in [2.75, 3.05) is 19.6 Å². The van der Waals surface area contributed by atoms with E-state index in [-0.39, 0.29) is 0 Å². The van der Waals surface area contributed by atoms with Crippen LogP contribution in [0.4, 0.5) is 0 Å². The number of fused-ring (bicyclic) bond motifs is 2. The summed E-state index contributed by atoms with van der Waals surface area (Å²) < 4.78 is 6.05. The zero-order chi connectivity index (χ0) is 16.2. The smallest absolute Gasteiger partial charge is 0.127 e. The number of hydrogen-bond donors (Lipinski definition) is 0. The largest absolute Gasteiger partial charge is 0.488 e. The van der Waals surface area contributed by atoms with Crippen LogP contribution in [-0.4, -0.2) is 24.5 Å². The van der Waals surface area contributed by atoms with Crippen molar-refractivity contribution >= 4 is 5.57 Å². The van der Waals surface area contributed by atoms with Crippen LogP contribution in [-0.2, 0) is 6.61 Å². The minimum atomic E-state index is 0.649. The van der Waals surface area contributed by atoms with Crippen LogP contribution in [0.3, 0.4) is 0 Å². The average molecular weight is 319 g/mol. The highest BCUT2D eigenvalue weighted by atomic mass is 16.5. The molecule has 124 valence electrons. The molecule has 2 heterocycles. The van der Waals surface area contributed by atoms with Gasteiger partial charge >= 0.3 is 0 Å². The Morgan fingerprint density at radius 1 is 0.875 bits per heavy atom. The molecule has 4 rings (SSSR count). The van der Waals surface area contributed by atoms with Crippen LogP contribution in [0.15, 0.2) is 54.6 Å². The van der Waals surface area contributed by atoms with Gasteiger partial charge in [-0.2, -0.15) is 0 Å². The van der Waals surface area contributed by atoms with E-state index in [9.17, 15) is 0 Å². The van der Waals surface area contributed by atoms with E-state index in [0.717, 1.165) is 18.7 Å². The van der Waals surface area contributed by atoms with Gasteiger partial charge in [-0.3, -0.25) is 0 Å². The van der Waals surface area contributed by atoms with Crippen molar-refractivity contribution < 1.29 is 4.74 Å². The molecular weight excluding hydrogens is 294 g/mol. The number of benzene rings is 2. The minimum absolute atomic E-state index is 0.649. The molecule has 0 unspecified atom stereocenters. The Hall–Kier alpha value is -2.06. The Kier molecular flexibility index (Phi) is 4.66. The highest BCUT2D eigenvalue weighted by molar-refractivity contribution is 5.84. The molecule has 2 aliphatic rings. The fourth-order valence-electron chi connectivity index (χ4n) is 3.82. The number of para-hydroxylation sites is 1. The summed E-state index contributed by atoms with van der Waals surface area (Å²) >= 11 is 0. The number of rotatable bonds is 3. The zero-order valence-corrected chi connectivity index (χ0v) is 14.2. The van der Waals surface area contributed by atoms with Gasteiger partial charge in [-0.25, -0.2) is 0 Å². The Morgan fingerprint density at radius 3 is 2.50 bits per heavy atom. The fraction of sp³-hybridized carbons (Fsp3) is 0.364. The van der Waals surface area contributed by atoms with Crippen LogP contribution in [0.5, 0.6) is 5.75 Å². The van der Waals surface area contributed by atoms with E-state index in [1.807, 2.05) is 0 Å². The first-order valence-corrected chi connectivity index (χ1v) is 9.15. The van der Waals surface area contributed by atoms with Gasteiger partial charge in [0.05, 0.1) is 0 Å². The van der Waals surface area contributed by atoms with Gasteiger partial charge in [0.1, 0.15) is 12.4 Å². The predicted molar refractivity (Wildman–Crippen MR) is 99.2 cm³/mol. The first-order chi connectivity index (χ1) is 11.9. The van der Waals surface area contributed by atoms with Crippen LogP contribution < -0.4 is 4.74 Å². The average Bonchev–Trinajstić information content (AvgIpc) is 2.80. The van der Waals surface area contributed by atoms with Crippen molar-refractivity contribution in [2.24, 2.45) is 0 Å². The maximum absolute atomic E-state index is 6.05. The molecule has 0 spiro atoms. The van der Waals surface area contributed by atoms with E-state index in [4.69, 9.17) is 4.74 Å². The van der Waals surface area contributed by atoms with Crippen molar-refractivity contribution in [1.29, 1.82) is 0 Å². The van der Waals surface area contributed by atoms with Gasteiger partial charge in [-0.05, 0) is 55.1 Å². The molecule has 24 heavy (non-hydrogen) atoms. The van der Waals surface area contributed by atoms with Crippen molar-refractivity contribution in [1.82, 2.24) is 4.90 Å². The van der Waals surface area contributed by atoms with E-state index in [1.165, 1.54) is 54.6 Å². The van der Waals surface area contributed by atoms with Gasteiger partial charge in [0, 0.05) is 12.1 Å². The molecule has 1 saturated heterocycles. The molecular formula is C22H25NO. The SMILES string of the molecule is C(CCN1CCCCC1)=C1c2ccccc2COc2ccccc21. The standard InChI is InChI=1S/C22H25NO/c1-6-14-23(15-7-1)16-8-12-20-19-10-3-2-9-18(19)17-24-22-13-5-4-11-21(20)22/h2-5,9-13H,1,6-8,14-17H2. The lowest BCUT2D eigenvalue weighted by atomic mass is 9.93. The summed E-state index contributed by atoms with van der Waals surface area (Å²) in [4.78, 5) is 2.60. The van der Waals surface area contributed by atoms with Gasteiger partial charge in [-0.1, -0.05) is 55.0 Å². The normalized spacial score (nSPS) is 19.2. The van der Waals surface area contributed by atoms with Gasteiger partial charge < -0.3 is 9.64 Å². The van der Waals surface area contributed by atoms with E-state index in [0.29, 0.717) is 6.61 Å². The van der Waals surface area contributed by atoms with Crippen LogP contribution >= 0.6 is 0 Å². The molecule has 0 N–H and O–H groups in total. The Morgan fingerprint density at radius 2 is 1.62 bits per heavy atom. The number of hydrogen-bond acceptors (Lipinski definition) is 2. The second-order valence-corrected chi connectivity index (χ2v) is 6.75. The predicted octanol–water partition coefficient (Wildman–Crippen LogP) is 4.89. The van der Waals surface area contributed by atoms with E-state index in [1.54, 1.807) is 0 Å². The lowest BCUT2D eigenvalue weighted by Crippen LogP contribution is -2.30. The molecule has 2 aromatic rings. The summed E-state index contributed by atoms with van der Waals surface area (Å²) in [6.07, 6.45) is 7.63. The summed E-state index contributed by atoms with van der Waals surface area (Å²) in [7, 11) is 0. The highest BCUT2D eigenvalue weighted by Gasteiger charge is 2.18. The molecule has 0 aromatic heterocycles. The van der Waals surface area contributed by atoms with Crippen molar-refractivity contribution in [3.05, 3.63) is 71.3 Å². The molecule has 2 nitrogen and oxygen atoms in total.